The van der Waals surface area contributed by atoms with Crippen molar-refractivity contribution in [1.82, 2.24) is 14.3 Å². The maximum absolute atomic E-state index is 8.77. The van der Waals surface area contributed by atoms with E-state index >= 15 is 0 Å². The van der Waals surface area contributed by atoms with Gasteiger partial charge in [-0.25, -0.2) is 4.68 Å². The highest BCUT2D eigenvalue weighted by Gasteiger charge is 2.16. The highest BCUT2D eigenvalue weighted by molar-refractivity contribution is 7.71. The SMILES string of the molecule is C=CCn1c(-c2cc3cc(C)ccc3o2)nn(CCC#N)c1=S. The minimum absolute atomic E-state index is 0.359. The number of nitrogens with zero attached hydrogens (tertiary/aromatic N) is 4. The molecule has 0 radical (unpaired) electrons. The van der Waals surface area contributed by atoms with E-state index in [4.69, 9.17) is 21.9 Å². The van der Waals surface area contributed by atoms with E-state index in [0.29, 0.717) is 35.9 Å². The van der Waals surface area contributed by atoms with Crippen LogP contribution in [0.2, 0.25) is 0 Å². The number of rotatable bonds is 5. The normalized spacial score (nSPS) is 10.8. The Morgan fingerprint density at radius 1 is 1.43 bits per heavy atom. The topological polar surface area (TPSA) is 59.7 Å². The molecule has 0 spiro atoms. The van der Waals surface area contributed by atoms with Crippen LogP contribution in [0.3, 0.4) is 0 Å². The van der Waals surface area contributed by atoms with Crippen LogP contribution in [-0.2, 0) is 13.1 Å². The van der Waals surface area contributed by atoms with E-state index in [1.165, 1.54) is 5.56 Å². The van der Waals surface area contributed by atoms with Crippen molar-refractivity contribution in [3.8, 4) is 17.7 Å². The molecule has 5 nitrogen and oxygen atoms in total. The van der Waals surface area contributed by atoms with Crippen LogP contribution in [0.25, 0.3) is 22.6 Å². The van der Waals surface area contributed by atoms with Crippen molar-refractivity contribution < 1.29 is 4.42 Å². The predicted molar refractivity (Wildman–Crippen MR) is 91.4 cm³/mol. The molecule has 23 heavy (non-hydrogen) atoms. The number of hydrogen-bond acceptors (Lipinski definition) is 4. The molecule has 0 bridgehead atoms. The Hall–Kier alpha value is -2.65. The van der Waals surface area contributed by atoms with Crippen molar-refractivity contribution in [2.75, 3.05) is 0 Å². The average molecular weight is 324 g/mol. The molecule has 0 saturated carbocycles. The molecule has 1 aromatic carbocycles. The first kappa shape index (κ1) is 15.3. The van der Waals surface area contributed by atoms with Crippen LogP contribution in [0, 0.1) is 23.0 Å². The van der Waals surface area contributed by atoms with Crippen LogP contribution < -0.4 is 0 Å². The Labute approximate surface area is 139 Å². The van der Waals surface area contributed by atoms with Crippen LogP contribution in [0.1, 0.15) is 12.0 Å². The number of benzene rings is 1. The van der Waals surface area contributed by atoms with Crippen molar-refractivity contribution in [2.45, 2.75) is 26.4 Å². The van der Waals surface area contributed by atoms with Gasteiger partial charge in [0.15, 0.2) is 16.4 Å². The summed E-state index contributed by atoms with van der Waals surface area (Å²) in [6, 6.07) is 10.1. The fourth-order valence-corrected chi connectivity index (χ4v) is 2.78. The molecule has 0 atom stereocenters. The second-order valence-corrected chi connectivity index (χ2v) is 5.65. The van der Waals surface area contributed by atoms with Crippen LogP contribution in [-0.4, -0.2) is 14.3 Å². The van der Waals surface area contributed by atoms with Gasteiger partial charge >= 0.3 is 0 Å². The van der Waals surface area contributed by atoms with Crippen LogP contribution in [0.15, 0.2) is 41.3 Å². The van der Waals surface area contributed by atoms with Gasteiger partial charge in [-0.3, -0.25) is 4.57 Å². The zero-order valence-electron chi connectivity index (χ0n) is 12.8. The third kappa shape index (κ3) is 2.83. The van der Waals surface area contributed by atoms with Crippen molar-refractivity contribution in [3.05, 3.63) is 47.3 Å². The van der Waals surface area contributed by atoms with Crippen LogP contribution in [0.4, 0.5) is 0 Å². The second kappa shape index (κ2) is 6.23. The van der Waals surface area contributed by atoms with Gasteiger partial charge in [-0.2, -0.15) is 5.26 Å². The molecule has 0 fully saturated rings. The molecular weight excluding hydrogens is 308 g/mol. The third-order valence-electron chi connectivity index (χ3n) is 3.56. The number of aromatic nitrogens is 3. The quantitative estimate of drug-likeness (QED) is 0.520. The van der Waals surface area contributed by atoms with Gasteiger partial charge in [0.05, 0.1) is 19.0 Å². The molecular formula is C17H16N4OS. The smallest absolute Gasteiger partial charge is 0.198 e. The summed E-state index contributed by atoms with van der Waals surface area (Å²) in [6.45, 7) is 6.82. The van der Waals surface area contributed by atoms with Crippen molar-refractivity contribution in [3.63, 3.8) is 0 Å². The highest BCUT2D eigenvalue weighted by atomic mass is 32.1. The Balaban J connectivity index is 2.14. The van der Waals surface area contributed by atoms with Crippen molar-refractivity contribution in [1.29, 1.82) is 5.26 Å². The molecule has 0 amide bonds. The second-order valence-electron chi connectivity index (χ2n) is 5.29. The zero-order chi connectivity index (χ0) is 16.4. The van der Waals surface area contributed by atoms with Crippen molar-refractivity contribution >= 4 is 23.2 Å². The monoisotopic (exact) mass is 324 g/mol. The fraction of sp³-hybridized carbons (Fsp3) is 0.235. The number of furan rings is 1. The molecule has 0 saturated heterocycles. The van der Waals surface area contributed by atoms with Gasteiger partial charge in [0.2, 0.25) is 0 Å². The molecule has 0 aliphatic heterocycles. The van der Waals surface area contributed by atoms with Gasteiger partial charge < -0.3 is 4.42 Å². The van der Waals surface area contributed by atoms with E-state index in [2.05, 4.69) is 23.8 Å². The van der Waals surface area contributed by atoms with Gasteiger partial charge in [0.1, 0.15) is 5.58 Å². The van der Waals surface area contributed by atoms with E-state index in [0.717, 1.165) is 11.0 Å². The number of aryl methyl sites for hydroxylation is 2. The standard InChI is InChI=1S/C17H16N4OS/c1-3-8-20-16(19-21(17(20)23)9-4-7-18)15-11-13-10-12(2)5-6-14(13)22-15/h3,5-6,10-11H,1,4,8-9H2,2H3. The molecule has 0 aliphatic rings. The number of hydrogen-bond donors (Lipinski definition) is 0. The fourth-order valence-electron chi connectivity index (χ4n) is 2.49. The lowest BCUT2D eigenvalue weighted by Gasteiger charge is -1.99. The lowest BCUT2D eigenvalue weighted by atomic mass is 10.2. The first-order valence-electron chi connectivity index (χ1n) is 7.30. The van der Waals surface area contributed by atoms with Crippen molar-refractivity contribution in [2.24, 2.45) is 0 Å². The van der Waals surface area contributed by atoms with Gasteiger partial charge in [-0.15, -0.1) is 11.7 Å². The molecule has 0 N–H and O–H groups in total. The largest absolute Gasteiger partial charge is 0.453 e. The average Bonchev–Trinajstić information content (AvgIpc) is 3.08. The summed E-state index contributed by atoms with van der Waals surface area (Å²) >= 11 is 5.46. The number of nitriles is 1. The van der Waals surface area contributed by atoms with E-state index in [9.17, 15) is 0 Å². The van der Waals surface area contributed by atoms with E-state index in [1.54, 1.807) is 10.8 Å². The summed E-state index contributed by atoms with van der Waals surface area (Å²) in [4.78, 5) is 0. The lowest BCUT2D eigenvalue weighted by Crippen LogP contribution is -2.01. The lowest BCUT2D eigenvalue weighted by molar-refractivity contribution is 0.603. The number of fused-ring (bicyclic) bond motifs is 1. The molecule has 2 heterocycles. The summed E-state index contributed by atoms with van der Waals surface area (Å²) in [5.74, 6) is 1.32. The summed E-state index contributed by atoms with van der Waals surface area (Å²) in [6.07, 6.45) is 2.13. The first-order valence-corrected chi connectivity index (χ1v) is 7.71. The molecule has 6 heteroatoms. The summed E-state index contributed by atoms with van der Waals surface area (Å²) in [5.41, 5.74) is 1.99. The minimum atomic E-state index is 0.359. The third-order valence-corrected chi connectivity index (χ3v) is 3.99. The molecule has 116 valence electrons. The predicted octanol–water partition coefficient (Wildman–Crippen LogP) is 4.24. The maximum atomic E-state index is 8.77. The maximum Gasteiger partial charge on any atom is 0.198 e. The molecule has 2 aromatic heterocycles. The van der Waals surface area contributed by atoms with Gasteiger partial charge in [0, 0.05) is 11.9 Å². The van der Waals surface area contributed by atoms with Crippen LogP contribution in [0.5, 0.6) is 0 Å². The molecule has 0 unspecified atom stereocenters. The van der Waals surface area contributed by atoms with Crippen LogP contribution >= 0.6 is 12.2 Å². The summed E-state index contributed by atoms with van der Waals surface area (Å²) in [7, 11) is 0. The summed E-state index contributed by atoms with van der Waals surface area (Å²) < 4.78 is 10.0. The molecule has 3 aromatic rings. The number of allylic oxidation sites excluding steroid dienone is 1. The Bertz CT molecular complexity index is 971. The van der Waals surface area contributed by atoms with Gasteiger partial charge in [0.25, 0.3) is 0 Å². The molecule has 3 rings (SSSR count). The first-order chi connectivity index (χ1) is 11.1. The van der Waals surface area contributed by atoms with E-state index in [-0.39, 0.29) is 0 Å². The van der Waals surface area contributed by atoms with Gasteiger partial charge in [-0.05, 0) is 37.3 Å². The zero-order valence-corrected chi connectivity index (χ0v) is 13.6. The Morgan fingerprint density at radius 3 is 3.00 bits per heavy atom. The summed E-state index contributed by atoms with van der Waals surface area (Å²) in [5, 5.41) is 14.3. The Morgan fingerprint density at radius 2 is 2.26 bits per heavy atom. The van der Waals surface area contributed by atoms with Gasteiger partial charge in [-0.1, -0.05) is 17.7 Å². The van der Waals surface area contributed by atoms with E-state index < -0.39 is 0 Å². The Kier molecular flexibility index (Phi) is 4.13. The highest BCUT2D eigenvalue weighted by Crippen LogP contribution is 2.28. The van der Waals surface area contributed by atoms with E-state index in [1.807, 2.05) is 29.7 Å². The minimum Gasteiger partial charge on any atom is -0.453 e. The molecule has 0 aliphatic carbocycles.